The van der Waals surface area contributed by atoms with Gasteiger partial charge in [0.05, 0.1) is 5.52 Å². The highest BCUT2D eigenvalue weighted by molar-refractivity contribution is 6.05. The van der Waals surface area contributed by atoms with Crippen LogP contribution in [0.1, 0.15) is 0 Å². The maximum atomic E-state index is 12.1. The first-order valence-corrected chi connectivity index (χ1v) is 6.64. The molecule has 4 rings (SSSR count). The van der Waals surface area contributed by atoms with Gasteiger partial charge in [-0.15, -0.1) is 0 Å². The van der Waals surface area contributed by atoms with Crippen molar-refractivity contribution in [2.24, 2.45) is 0 Å². The summed E-state index contributed by atoms with van der Waals surface area (Å²) in [5.41, 5.74) is 6.93. The van der Waals surface area contributed by atoms with Crippen molar-refractivity contribution in [1.82, 2.24) is 15.0 Å². The maximum Gasteiger partial charge on any atom is 0.349 e. The monoisotopic (exact) mass is 290 g/mol. The minimum absolute atomic E-state index is 0.0881. The van der Waals surface area contributed by atoms with Crippen LogP contribution in [0.2, 0.25) is 0 Å². The topological polar surface area (TPSA) is 94.9 Å². The van der Waals surface area contributed by atoms with Crippen LogP contribution >= 0.6 is 0 Å². The highest BCUT2D eigenvalue weighted by Crippen LogP contribution is 2.25. The Bertz CT molecular complexity index is 1060. The molecule has 0 unspecified atom stereocenters. The summed E-state index contributed by atoms with van der Waals surface area (Å²) in [5, 5.41) is 0.904. The Morgan fingerprint density at radius 1 is 1.00 bits per heavy atom. The van der Waals surface area contributed by atoms with Crippen molar-refractivity contribution in [1.29, 1.82) is 0 Å². The third kappa shape index (κ3) is 1.81. The third-order valence-electron chi connectivity index (χ3n) is 3.38. The number of pyridine rings is 1. The number of fused-ring (bicyclic) bond motifs is 3. The molecule has 22 heavy (non-hydrogen) atoms. The molecular formula is C16H10N4O2. The lowest BCUT2D eigenvalue weighted by molar-refractivity contribution is 0.569. The molecular weight excluding hydrogens is 280 g/mol. The molecule has 0 fully saturated rings. The van der Waals surface area contributed by atoms with Crippen LogP contribution in [0, 0.1) is 0 Å². The van der Waals surface area contributed by atoms with Crippen LogP contribution in [0.3, 0.4) is 0 Å². The van der Waals surface area contributed by atoms with E-state index in [-0.39, 0.29) is 11.2 Å². The lowest BCUT2D eigenvalue weighted by Crippen LogP contribution is -2.08. The second-order valence-corrected chi connectivity index (χ2v) is 4.76. The predicted octanol–water partition coefficient (Wildman–Crippen LogP) is 2.38. The SMILES string of the molecule is Nc1nc(-c2ccccn2)nc2c1c(=O)oc1ccccc12. The van der Waals surface area contributed by atoms with Gasteiger partial charge in [0.15, 0.2) is 5.82 Å². The predicted molar refractivity (Wildman–Crippen MR) is 83.2 cm³/mol. The summed E-state index contributed by atoms with van der Waals surface area (Å²) in [6, 6.07) is 12.6. The zero-order valence-corrected chi connectivity index (χ0v) is 11.4. The first-order valence-electron chi connectivity index (χ1n) is 6.64. The van der Waals surface area contributed by atoms with E-state index in [1.807, 2.05) is 18.2 Å². The molecule has 1 aromatic carbocycles. The molecule has 6 nitrogen and oxygen atoms in total. The molecule has 0 saturated carbocycles. The molecule has 0 aliphatic rings. The summed E-state index contributed by atoms with van der Waals surface area (Å²) >= 11 is 0. The first kappa shape index (κ1) is 12.5. The Hall–Kier alpha value is -3.28. The quantitative estimate of drug-likeness (QED) is 0.427. The van der Waals surface area contributed by atoms with E-state index in [0.29, 0.717) is 28.0 Å². The number of nitrogen functional groups attached to an aromatic ring is 1. The van der Waals surface area contributed by atoms with E-state index in [1.54, 1.807) is 30.5 Å². The van der Waals surface area contributed by atoms with Gasteiger partial charge < -0.3 is 10.2 Å². The summed E-state index contributed by atoms with van der Waals surface area (Å²) in [6.45, 7) is 0. The van der Waals surface area contributed by atoms with E-state index in [2.05, 4.69) is 15.0 Å². The number of hydrogen-bond acceptors (Lipinski definition) is 6. The molecule has 0 aliphatic heterocycles. The summed E-state index contributed by atoms with van der Waals surface area (Å²) in [4.78, 5) is 25.0. The third-order valence-corrected chi connectivity index (χ3v) is 3.38. The van der Waals surface area contributed by atoms with Crippen LogP contribution in [0.15, 0.2) is 57.9 Å². The van der Waals surface area contributed by atoms with Crippen LogP contribution in [0.5, 0.6) is 0 Å². The number of para-hydroxylation sites is 1. The Labute approximate surface area is 124 Å². The molecule has 4 aromatic rings. The molecule has 0 saturated heterocycles. The summed E-state index contributed by atoms with van der Waals surface area (Å²) < 4.78 is 5.27. The van der Waals surface area contributed by atoms with Crippen molar-refractivity contribution in [2.45, 2.75) is 0 Å². The minimum Gasteiger partial charge on any atom is -0.422 e. The van der Waals surface area contributed by atoms with Crippen LogP contribution in [0.25, 0.3) is 33.4 Å². The lowest BCUT2D eigenvalue weighted by Gasteiger charge is -2.06. The zero-order chi connectivity index (χ0) is 15.1. The number of nitrogens with two attached hydrogens (primary N) is 1. The van der Waals surface area contributed by atoms with E-state index in [4.69, 9.17) is 10.2 Å². The molecule has 0 spiro atoms. The van der Waals surface area contributed by atoms with Crippen LogP contribution in [-0.4, -0.2) is 15.0 Å². The van der Waals surface area contributed by atoms with E-state index in [1.165, 1.54) is 0 Å². The van der Waals surface area contributed by atoms with Crippen molar-refractivity contribution < 1.29 is 4.42 Å². The largest absolute Gasteiger partial charge is 0.422 e. The van der Waals surface area contributed by atoms with E-state index in [0.717, 1.165) is 0 Å². The molecule has 3 aromatic heterocycles. The van der Waals surface area contributed by atoms with Crippen molar-refractivity contribution in [2.75, 3.05) is 5.73 Å². The fourth-order valence-electron chi connectivity index (χ4n) is 2.39. The van der Waals surface area contributed by atoms with Gasteiger partial charge in [-0.1, -0.05) is 18.2 Å². The summed E-state index contributed by atoms with van der Waals surface area (Å²) in [6.07, 6.45) is 1.65. The second kappa shape index (κ2) is 4.63. The van der Waals surface area contributed by atoms with Crippen molar-refractivity contribution in [3.05, 3.63) is 59.1 Å². The molecule has 6 heteroatoms. The molecule has 0 amide bonds. The van der Waals surface area contributed by atoms with Gasteiger partial charge in [0.2, 0.25) is 0 Å². The fourth-order valence-corrected chi connectivity index (χ4v) is 2.39. The number of anilines is 1. The average molecular weight is 290 g/mol. The number of nitrogens with zero attached hydrogens (tertiary/aromatic N) is 3. The molecule has 2 N–H and O–H groups in total. The zero-order valence-electron chi connectivity index (χ0n) is 11.4. The van der Waals surface area contributed by atoms with Gasteiger partial charge in [-0.05, 0) is 24.3 Å². The normalized spacial score (nSPS) is 11.1. The first-order chi connectivity index (χ1) is 10.7. The number of benzene rings is 1. The van der Waals surface area contributed by atoms with Crippen molar-refractivity contribution >= 4 is 27.7 Å². The lowest BCUT2D eigenvalue weighted by atomic mass is 10.1. The minimum atomic E-state index is -0.543. The van der Waals surface area contributed by atoms with E-state index >= 15 is 0 Å². The Morgan fingerprint density at radius 3 is 2.64 bits per heavy atom. The highest BCUT2D eigenvalue weighted by atomic mass is 16.4. The van der Waals surface area contributed by atoms with Crippen molar-refractivity contribution in [3.63, 3.8) is 0 Å². The van der Waals surface area contributed by atoms with Gasteiger partial charge >= 0.3 is 5.63 Å². The second-order valence-electron chi connectivity index (χ2n) is 4.76. The summed E-state index contributed by atoms with van der Waals surface area (Å²) in [7, 11) is 0. The average Bonchev–Trinajstić information content (AvgIpc) is 2.55. The number of aromatic nitrogens is 3. The Balaban J connectivity index is 2.17. The van der Waals surface area contributed by atoms with Gasteiger partial charge in [0, 0.05) is 11.6 Å². The van der Waals surface area contributed by atoms with Gasteiger partial charge in [-0.3, -0.25) is 4.98 Å². The smallest absolute Gasteiger partial charge is 0.349 e. The molecule has 3 heterocycles. The Morgan fingerprint density at radius 2 is 1.82 bits per heavy atom. The Kier molecular flexibility index (Phi) is 2.62. The van der Waals surface area contributed by atoms with Crippen LogP contribution < -0.4 is 11.4 Å². The number of hydrogen-bond donors (Lipinski definition) is 1. The van der Waals surface area contributed by atoms with Gasteiger partial charge in [-0.25, -0.2) is 14.8 Å². The van der Waals surface area contributed by atoms with Gasteiger partial charge in [-0.2, -0.15) is 0 Å². The standard InChI is InChI=1S/C16H10N4O2/c17-14-12-13(9-5-1-2-7-11(9)22-16(12)21)19-15(20-14)10-6-3-4-8-18-10/h1-8H,(H2,17,19,20). The fraction of sp³-hybridized carbons (Fsp3) is 0. The molecule has 0 aliphatic carbocycles. The maximum absolute atomic E-state index is 12.1. The highest BCUT2D eigenvalue weighted by Gasteiger charge is 2.15. The van der Waals surface area contributed by atoms with Crippen LogP contribution in [0.4, 0.5) is 5.82 Å². The van der Waals surface area contributed by atoms with Gasteiger partial charge in [0.25, 0.3) is 0 Å². The molecule has 0 bridgehead atoms. The summed E-state index contributed by atoms with van der Waals surface area (Å²) in [5.74, 6) is 0.464. The molecule has 0 atom stereocenters. The number of rotatable bonds is 1. The van der Waals surface area contributed by atoms with Crippen LogP contribution in [-0.2, 0) is 0 Å². The molecule has 0 radical (unpaired) electrons. The van der Waals surface area contributed by atoms with E-state index in [9.17, 15) is 4.79 Å². The van der Waals surface area contributed by atoms with Gasteiger partial charge in [0.1, 0.15) is 22.5 Å². The van der Waals surface area contributed by atoms with E-state index < -0.39 is 5.63 Å². The van der Waals surface area contributed by atoms with Crippen molar-refractivity contribution in [3.8, 4) is 11.5 Å². The molecule has 106 valence electrons.